The van der Waals surface area contributed by atoms with E-state index in [1.54, 1.807) is 0 Å². The Morgan fingerprint density at radius 2 is 1.94 bits per heavy atom. The number of nitrogens with two attached hydrogens (primary N) is 1. The van der Waals surface area contributed by atoms with Gasteiger partial charge in [0.2, 0.25) is 0 Å². The summed E-state index contributed by atoms with van der Waals surface area (Å²) in [6, 6.07) is 1.61. The molecule has 2 unspecified atom stereocenters. The van der Waals surface area contributed by atoms with Gasteiger partial charge in [0.25, 0.3) is 0 Å². The molecule has 16 heavy (non-hydrogen) atoms. The first-order chi connectivity index (χ1) is 7.53. The molecule has 0 aromatic rings. The van der Waals surface area contributed by atoms with Gasteiger partial charge in [-0.2, -0.15) is 0 Å². The third-order valence-corrected chi connectivity index (χ3v) is 4.54. The van der Waals surface area contributed by atoms with Crippen LogP contribution in [0.25, 0.3) is 0 Å². The maximum Gasteiger partial charge on any atom is 0.0624 e. The van der Waals surface area contributed by atoms with Crippen LogP contribution in [0, 0.1) is 5.41 Å². The van der Waals surface area contributed by atoms with Gasteiger partial charge < -0.3 is 10.5 Å². The summed E-state index contributed by atoms with van der Waals surface area (Å²) in [6.07, 6.45) is 4.03. The Hall–Kier alpha value is -0.120. The number of piperidine rings is 1. The van der Waals surface area contributed by atoms with E-state index in [1.165, 1.54) is 19.3 Å². The van der Waals surface area contributed by atoms with Gasteiger partial charge in [-0.1, -0.05) is 13.3 Å². The molecule has 0 radical (unpaired) electrons. The van der Waals surface area contributed by atoms with E-state index < -0.39 is 0 Å². The van der Waals surface area contributed by atoms with Gasteiger partial charge in [0.15, 0.2) is 0 Å². The van der Waals surface area contributed by atoms with E-state index in [9.17, 15) is 0 Å². The van der Waals surface area contributed by atoms with Crippen molar-refractivity contribution in [1.29, 1.82) is 0 Å². The van der Waals surface area contributed by atoms with Crippen molar-refractivity contribution in [2.45, 2.75) is 58.2 Å². The fraction of sp³-hybridized carbons (Fsp3) is 1.00. The highest BCUT2D eigenvalue weighted by Gasteiger charge is 2.41. The van der Waals surface area contributed by atoms with Gasteiger partial charge in [0, 0.05) is 30.1 Å². The lowest BCUT2D eigenvalue weighted by atomic mass is 9.83. The Morgan fingerprint density at radius 3 is 2.44 bits per heavy atom. The van der Waals surface area contributed by atoms with E-state index in [0.717, 1.165) is 19.8 Å². The van der Waals surface area contributed by atoms with Crippen molar-refractivity contribution in [2.75, 3.05) is 19.8 Å². The number of ether oxygens (including phenoxy) is 1. The minimum Gasteiger partial charge on any atom is -0.379 e. The molecular formula is C13H26N2O. The smallest absolute Gasteiger partial charge is 0.0624 e. The van der Waals surface area contributed by atoms with E-state index in [-0.39, 0.29) is 11.5 Å². The summed E-state index contributed by atoms with van der Waals surface area (Å²) in [5.41, 5.74) is 6.32. The highest BCUT2D eigenvalue weighted by Crippen LogP contribution is 2.32. The van der Waals surface area contributed by atoms with Crippen LogP contribution in [-0.4, -0.2) is 42.8 Å². The molecule has 3 nitrogen and oxygen atoms in total. The van der Waals surface area contributed by atoms with E-state index in [2.05, 4.69) is 25.7 Å². The molecular weight excluding hydrogens is 200 g/mol. The van der Waals surface area contributed by atoms with Crippen molar-refractivity contribution in [3.8, 4) is 0 Å². The van der Waals surface area contributed by atoms with Gasteiger partial charge in [-0.15, -0.1) is 0 Å². The lowest BCUT2D eigenvalue weighted by Crippen LogP contribution is -2.53. The quantitative estimate of drug-likeness (QED) is 0.777. The summed E-state index contributed by atoms with van der Waals surface area (Å²) in [7, 11) is 0. The third kappa shape index (κ3) is 2.27. The van der Waals surface area contributed by atoms with Crippen molar-refractivity contribution < 1.29 is 4.74 Å². The van der Waals surface area contributed by atoms with Gasteiger partial charge in [-0.3, -0.25) is 4.90 Å². The predicted molar refractivity (Wildman–Crippen MR) is 66.4 cm³/mol. The summed E-state index contributed by atoms with van der Waals surface area (Å²) in [4.78, 5) is 2.64. The van der Waals surface area contributed by atoms with Crippen molar-refractivity contribution in [3.63, 3.8) is 0 Å². The van der Waals surface area contributed by atoms with E-state index in [0.29, 0.717) is 12.1 Å². The van der Waals surface area contributed by atoms with Gasteiger partial charge in [0.05, 0.1) is 13.2 Å². The number of hydrogen-bond acceptors (Lipinski definition) is 3. The fourth-order valence-corrected chi connectivity index (χ4v) is 3.09. The van der Waals surface area contributed by atoms with Gasteiger partial charge in [0.1, 0.15) is 0 Å². The second kappa shape index (κ2) is 4.63. The number of nitrogens with zero attached hydrogens (tertiary/aromatic N) is 1. The number of rotatable bonds is 2. The molecule has 2 heterocycles. The topological polar surface area (TPSA) is 38.5 Å². The third-order valence-electron chi connectivity index (χ3n) is 4.54. The summed E-state index contributed by atoms with van der Waals surface area (Å²) >= 11 is 0. The maximum atomic E-state index is 6.17. The summed E-state index contributed by atoms with van der Waals surface area (Å²) in [6.45, 7) is 9.62. The molecule has 0 amide bonds. The van der Waals surface area contributed by atoms with Crippen LogP contribution < -0.4 is 5.73 Å². The molecule has 94 valence electrons. The van der Waals surface area contributed by atoms with Crippen LogP contribution in [0.3, 0.4) is 0 Å². The van der Waals surface area contributed by atoms with Crippen molar-refractivity contribution in [2.24, 2.45) is 11.1 Å². The normalized spacial score (nSPS) is 46.1. The molecule has 2 rings (SSSR count). The van der Waals surface area contributed by atoms with Gasteiger partial charge in [-0.05, 0) is 26.7 Å². The van der Waals surface area contributed by atoms with Crippen molar-refractivity contribution in [3.05, 3.63) is 0 Å². The first-order valence-corrected chi connectivity index (χ1v) is 6.62. The van der Waals surface area contributed by atoms with Crippen molar-refractivity contribution >= 4 is 0 Å². The first-order valence-electron chi connectivity index (χ1n) is 6.62. The minimum absolute atomic E-state index is 0.153. The molecule has 0 aliphatic carbocycles. The summed E-state index contributed by atoms with van der Waals surface area (Å²) in [5, 5.41) is 0. The van der Waals surface area contributed by atoms with Crippen LogP contribution in [0.5, 0.6) is 0 Å². The molecule has 0 saturated carbocycles. The lowest BCUT2D eigenvalue weighted by Gasteiger charge is -2.44. The Balaban J connectivity index is 2.01. The fourth-order valence-electron chi connectivity index (χ4n) is 3.09. The Morgan fingerprint density at radius 1 is 1.31 bits per heavy atom. The van der Waals surface area contributed by atoms with E-state index >= 15 is 0 Å². The van der Waals surface area contributed by atoms with Crippen molar-refractivity contribution in [1.82, 2.24) is 4.90 Å². The monoisotopic (exact) mass is 226 g/mol. The average Bonchev–Trinajstić information content (AvgIpc) is 2.54. The lowest BCUT2D eigenvalue weighted by molar-refractivity contribution is 0.0440. The van der Waals surface area contributed by atoms with Crippen LogP contribution in [0.15, 0.2) is 0 Å². The van der Waals surface area contributed by atoms with Crippen LogP contribution in [0.2, 0.25) is 0 Å². The molecule has 2 aliphatic rings. The van der Waals surface area contributed by atoms with E-state index in [1.807, 2.05) is 0 Å². The van der Waals surface area contributed by atoms with Gasteiger partial charge in [-0.25, -0.2) is 0 Å². The Labute approximate surface area is 99.3 Å². The summed E-state index contributed by atoms with van der Waals surface area (Å²) in [5.74, 6) is 0. The zero-order chi connectivity index (χ0) is 11.8. The van der Waals surface area contributed by atoms with Gasteiger partial charge >= 0.3 is 0 Å². The second-order valence-electron chi connectivity index (χ2n) is 6.08. The number of hydrogen-bond donors (Lipinski definition) is 1. The highest BCUT2D eigenvalue weighted by molar-refractivity contribution is 4.95. The largest absolute Gasteiger partial charge is 0.379 e. The van der Waals surface area contributed by atoms with Crippen LogP contribution in [-0.2, 0) is 4.74 Å². The van der Waals surface area contributed by atoms with E-state index in [4.69, 9.17) is 10.5 Å². The minimum atomic E-state index is 0.153. The maximum absolute atomic E-state index is 6.17. The van der Waals surface area contributed by atoms with Crippen LogP contribution >= 0.6 is 0 Å². The predicted octanol–water partition coefficient (Wildman–Crippen LogP) is 1.61. The first kappa shape index (κ1) is 12.3. The summed E-state index contributed by atoms with van der Waals surface area (Å²) < 4.78 is 5.53. The molecule has 4 atom stereocenters. The molecule has 2 N–H and O–H groups in total. The molecule has 0 bridgehead atoms. The second-order valence-corrected chi connectivity index (χ2v) is 6.08. The zero-order valence-electron chi connectivity index (χ0n) is 10.9. The highest BCUT2D eigenvalue weighted by atomic mass is 16.5. The average molecular weight is 226 g/mol. The standard InChI is InChI=1S/C13H26N2O/c1-10-5-4-6-11(2)15(10)8-13(3)9-16-7-12(13)14/h10-12H,4-9,14H2,1-3H3/t10-,11+,12?,13?. The molecule has 3 heteroatoms. The molecule has 2 saturated heterocycles. The molecule has 0 spiro atoms. The molecule has 0 aromatic carbocycles. The zero-order valence-corrected chi connectivity index (χ0v) is 10.9. The molecule has 0 aromatic heterocycles. The number of likely N-dealkylation sites (tertiary alicyclic amines) is 1. The Bertz CT molecular complexity index is 236. The van der Waals surface area contributed by atoms with Crippen LogP contribution in [0.4, 0.5) is 0 Å². The SMILES string of the molecule is C[C@@H]1CCC[C@H](C)N1CC1(C)COCC1N. The Kier molecular flexibility index (Phi) is 3.57. The molecule has 2 fully saturated rings. The molecule has 2 aliphatic heterocycles. The van der Waals surface area contributed by atoms with Crippen LogP contribution in [0.1, 0.15) is 40.0 Å².